The fourth-order valence-electron chi connectivity index (χ4n) is 3.79. The first-order chi connectivity index (χ1) is 20.8. The van der Waals surface area contributed by atoms with Gasteiger partial charge < -0.3 is 15.4 Å². The molecule has 2 rings (SSSR count). The van der Waals surface area contributed by atoms with E-state index in [1.807, 2.05) is 10.6 Å². The molecule has 46 heavy (non-hydrogen) atoms. The number of rotatable bonds is 9. The molecule has 1 amide bonds. The van der Waals surface area contributed by atoms with Crippen molar-refractivity contribution in [3.8, 4) is 11.8 Å². The molecule has 2 aromatic carbocycles. The molecule has 0 aliphatic rings. The van der Waals surface area contributed by atoms with E-state index in [4.69, 9.17) is 23.2 Å². The molecule has 1 unspecified atom stereocenters. The molecule has 0 bridgehead atoms. The Morgan fingerprint density at radius 2 is 1.54 bits per heavy atom. The first-order valence-electron chi connectivity index (χ1n) is 13.0. The maximum absolute atomic E-state index is 15.3. The Hall–Kier alpha value is -3.28. The molecule has 0 saturated carbocycles. The van der Waals surface area contributed by atoms with E-state index in [0.717, 1.165) is 19.1 Å². The van der Waals surface area contributed by atoms with Gasteiger partial charge in [-0.2, -0.15) is 39.5 Å². The molecule has 2 atom stereocenters. The highest BCUT2D eigenvalue weighted by atomic mass is 35.5. The van der Waals surface area contributed by atoms with Crippen molar-refractivity contribution in [1.82, 2.24) is 10.6 Å². The van der Waals surface area contributed by atoms with E-state index in [2.05, 4.69) is 11.8 Å². The summed E-state index contributed by atoms with van der Waals surface area (Å²) in [6, 6.07) is 2.88. The van der Waals surface area contributed by atoms with Gasteiger partial charge >= 0.3 is 18.5 Å². The predicted octanol–water partition coefficient (Wildman–Crippen LogP) is 8.91. The maximum atomic E-state index is 15.3. The van der Waals surface area contributed by atoms with Gasteiger partial charge in [0, 0.05) is 23.1 Å². The number of aldehydes is 1. The fourth-order valence-corrected chi connectivity index (χ4v) is 4.17. The number of carbonyl (C=O) groups is 2. The largest absolute Gasteiger partial charge is 0.417 e. The van der Waals surface area contributed by atoms with Gasteiger partial charge in [0.2, 0.25) is 0 Å². The lowest BCUT2D eigenvalue weighted by atomic mass is 9.93. The monoisotopic (exact) mass is 706 g/mol. The summed E-state index contributed by atoms with van der Waals surface area (Å²) in [4.78, 5) is 24.2. The summed E-state index contributed by atoms with van der Waals surface area (Å²) in [7, 11) is 0. The number of hydrogen-bond acceptors (Lipinski definition) is 3. The molecule has 16 heteroatoms. The second-order valence-electron chi connectivity index (χ2n) is 11.4. The van der Waals surface area contributed by atoms with E-state index < -0.39 is 82.5 Å². The van der Waals surface area contributed by atoms with Crippen LogP contribution in [-0.4, -0.2) is 43.2 Å². The SMILES string of the molecule is CC(C)(C)C#Cc1cc(C(/C=C(\F)c2ccc(C(=O)N[C@@](C)(C=O)CNCC(F)(F)F)c(C(F)(F)F)c2)C(F)(F)F)cc(Cl)c1Cl. The van der Waals surface area contributed by atoms with E-state index in [9.17, 15) is 49.1 Å². The van der Waals surface area contributed by atoms with Gasteiger partial charge in [-0.3, -0.25) is 4.79 Å². The van der Waals surface area contributed by atoms with Gasteiger partial charge in [-0.05, 0) is 63.6 Å². The molecule has 0 aromatic heterocycles. The van der Waals surface area contributed by atoms with Gasteiger partial charge in [0.1, 0.15) is 23.6 Å². The van der Waals surface area contributed by atoms with Crippen molar-refractivity contribution in [3.63, 3.8) is 0 Å². The third kappa shape index (κ3) is 11.2. The summed E-state index contributed by atoms with van der Waals surface area (Å²) in [5.74, 6) is -0.655. The molecule has 0 saturated heterocycles. The van der Waals surface area contributed by atoms with E-state index in [0.29, 0.717) is 12.1 Å². The molecule has 0 spiro atoms. The minimum absolute atomic E-state index is 0.00126. The zero-order valence-electron chi connectivity index (χ0n) is 24.4. The van der Waals surface area contributed by atoms with Crippen molar-refractivity contribution in [2.45, 2.75) is 57.7 Å². The average Bonchev–Trinajstić information content (AvgIpc) is 2.89. The number of amides is 1. The maximum Gasteiger partial charge on any atom is 0.417 e. The molecule has 0 fully saturated rings. The van der Waals surface area contributed by atoms with Crippen LogP contribution in [0.5, 0.6) is 0 Å². The Kier molecular flexibility index (Phi) is 12.0. The summed E-state index contributed by atoms with van der Waals surface area (Å²) >= 11 is 12.1. The molecule has 0 aliphatic heterocycles. The quantitative estimate of drug-likeness (QED) is 0.156. The van der Waals surface area contributed by atoms with Gasteiger partial charge in [0.15, 0.2) is 0 Å². The number of nitrogens with one attached hydrogen (secondary N) is 2. The van der Waals surface area contributed by atoms with Crippen molar-refractivity contribution >= 4 is 41.2 Å². The summed E-state index contributed by atoms with van der Waals surface area (Å²) in [5, 5.41) is 3.22. The minimum Gasteiger partial charge on any atom is -0.339 e. The minimum atomic E-state index is -5.36. The van der Waals surface area contributed by atoms with Gasteiger partial charge in [-0.1, -0.05) is 41.1 Å². The highest BCUT2D eigenvalue weighted by molar-refractivity contribution is 6.42. The van der Waals surface area contributed by atoms with Crippen molar-refractivity contribution in [1.29, 1.82) is 0 Å². The number of halogens is 12. The van der Waals surface area contributed by atoms with Crippen LogP contribution in [0.25, 0.3) is 5.83 Å². The lowest BCUT2D eigenvalue weighted by Crippen LogP contribution is -2.55. The van der Waals surface area contributed by atoms with Gasteiger partial charge in [-0.15, -0.1) is 0 Å². The van der Waals surface area contributed by atoms with Crippen LogP contribution in [0.4, 0.5) is 43.9 Å². The number of alkyl halides is 9. The Balaban J connectivity index is 2.57. The summed E-state index contributed by atoms with van der Waals surface area (Å²) in [5.41, 5.74) is -7.37. The first-order valence-corrected chi connectivity index (χ1v) is 13.8. The van der Waals surface area contributed by atoms with E-state index >= 15 is 4.39 Å². The smallest absolute Gasteiger partial charge is 0.339 e. The van der Waals surface area contributed by atoms with Crippen molar-refractivity contribution in [2.24, 2.45) is 5.41 Å². The standard InChI is InChI=1S/C30H26Cl2F10N2O2/c1-26(2,3)8-7-17-9-18(11-22(31)24(17)32)20(29(37,38)39)12-23(33)16-5-6-19(21(10-16)30(40,41)42)25(46)44-27(4,15-45)13-43-14-28(34,35)36/h5-6,9-12,15,20,43H,13-14H2,1-4H3,(H,44,46)/b23-12-/t20?,27-/m1/s1. The fraction of sp³-hybridized carbons (Fsp3) is 0.400. The van der Waals surface area contributed by atoms with Crippen molar-refractivity contribution in [3.05, 3.63) is 74.3 Å². The molecule has 0 aliphatic carbocycles. The summed E-state index contributed by atoms with van der Waals surface area (Å²) < 4.78 is 137. The molecule has 252 valence electrons. The molecule has 0 radical (unpaired) electrons. The van der Waals surface area contributed by atoms with Crippen LogP contribution in [0.3, 0.4) is 0 Å². The van der Waals surface area contributed by atoms with Crippen LogP contribution in [0, 0.1) is 17.3 Å². The number of carbonyl (C=O) groups excluding carboxylic acids is 2. The van der Waals surface area contributed by atoms with E-state index in [-0.39, 0.29) is 34.0 Å². The average molecular weight is 707 g/mol. The van der Waals surface area contributed by atoms with Crippen LogP contribution >= 0.6 is 23.2 Å². The second-order valence-corrected chi connectivity index (χ2v) is 12.1. The van der Waals surface area contributed by atoms with Crippen LogP contribution in [0.2, 0.25) is 10.0 Å². The van der Waals surface area contributed by atoms with Crippen LogP contribution in [0.1, 0.15) is 66.2 Å². The Morgan fingerprint density at radius 1 is 0.935 bits per heavy atom. The normalized spacial score (nSPS) is 15.0. The number of hydrogen-bond donors (Lipinski definition) is 2. The molecule has 4 nitrogen and oxygen atoms in total. The van der Waals surface area contributed by atoms with Crippen LogP contribution < -0.4 is 10.6 Å². The third-order valence-electron chi connectivity index (χ3n) is 5.97. The zero-order chi connectivity index (χ0) is 35.5. The topological polar surface area (TPSA) is 58.2 Å². The Labute approximate surface area is 267 Å². The van der Waals surface area contributed by atoms with E-state index in [1.165, 1.54) is 0 Å². The van der Waals surface area contributed by atoms with Gasteiger partial charge in [-0.25, -0.2) is 4.39 Å². The highest BCUT2D eigenvalue weighted by Crippen LogP contribution is 2.42. The van der Waals surface area contributed by atoms with Gasteiger partial charge in [0.05, 0.1) is 27.7 Å². The molecular weight excluding hydrogens is 681 g/mol. The summed E-state index contributed by atoms with van der Waals surface area (Å²) in [6.07, 6.45) is -15.2. The van der Waals surface area contributed by atoms with Gasteiger partial charge in [0.25, 0.3) is 5.91 Å². The van der Waals surface area contributed by atoms with Crippen LogP contribution in [0.15, 0.2) is 36.4 Å². The van der Waals surface area contributed by atoms with Crippen LogP contribution in [-0.2, 0) is 11.0 Å². The lowest BCUT2D eigenvalue weighted by molar-refractivity contribution is -0.140. The Morgan fingerprint density at radius 3 is 2.04 bits per heavy atom. The van der Waals surface area contributed by atoms with E-state index in [1.54, 1.807) is 20.8 Å². The highest BCUT2D eigenvalue weighted by Gasteiger charge is 2.41. The molecule has 2 N–H and O–H groups in total. The lowest BCUT2D eigenvalue weighted by Gasteiger charge is -2.26. The Bertz CT molecular complexity index is 1550. The van der Waals surface area contributed by atoms with Crippen molar-refractivity contribution in [2.75, 3.05) is 13.1 Å². The second kappa shape index (κ2) is 14.2. The van der Waals surface area contributed by atoms with Crippen molar-refractivity contribution < 1.29 is 53.5 Å². The molecular formula is C30H26Cl2F10N2O2. The molecule has 0 heterocycles. The number of allylic oxidation sites excluding steroid dienone is 1. The summed E-state index contributed by atoms with van der Waals surface area (Å²) in [6.45, 7) is 3.69. The molecule has 2 aromatic rings. The zero-order valence-corrected chi connectivity index (χ0v) is 25.9. The predicted molar refractivity (Wildman–Crippen MR) is 153 cm³/mol. The number of benzene rings is 2. The first kappa shape index (κ1) is 38.9. The third-order valence-corrected chi connectivity index (χ3v) is 6.77.